The molecule has 3 aromatic rings. The van der Waals surface area contributed by atoms with Crippen molar-refractivity contribution in [2.24, 2.45) is 5.41 Å². The minimum atomic E-state index is -4.72. The second-order valence-electron chi connectivity index (χ2n) is 10.5. The zero-order valence-corrected chi connectivity index (χ0v) is 21.2. The predicted molar refractivity (Wildman–Crippen MR) is 130 cm³/mol. The Labute approximate surface area is 211 Å². The normalized spacial score (nSPS) is 15.8. The number of aromatic nitrogens is 1. The van der Waals surface area contributed by atoms with Crippen LogP contribution in [-0.2, 0) is 22.7 Å². The van der Waals surface area contributed by atoms with E-state index in [9.17, 15) is 35.6 Å². The summed E-state index contributed by atoms with van der Waals surface area (Å²) in [6.07, 6.45) is -5.54. The van der Waals surface area contributed by atoms with Crippen molar-refractivity contribution in [2.75, 3.05) is 0 Å². The van der Waals surface area contributed by atoms with E-state index in [1.165, 1.54) is 30.5 Å². The third-order valence-electron chi connectivity index (χ3n) is 6.18. The number of nitrogens with one attached hydrogen (secondary N) is 1. The number of alkyl halides is 5. The number of hydrogen-bond acceptors (Lipinski definition) is 3. The molecule has 0 radical (unpaired) electrons. The maximum atomic E-state index is 14.2. The number of hydrogen-bond donors (Lipinski definition) is 1. The molecule has 0 bridgehead atoms. The number of nitrogens with zero attached hydrogens (tertiary/aromatic N) is 2. The van der Waals surface area contributed by atoms with E-state index in [2.05, 4.69) is 4.72 Å². The summed E-state index contributed by atoms with van der Waals surface area (Å²) in [4.78, 5) is 0. The molecule has 0 amide bonds. The molecular formula is C26H26F5N3O2S. The van der Waals surface area contributed by atoms with Gasteiger partial charge in [-0.15, -0.1) is 0 Å². The van der Waals surface area contributed by atoms with Gasteiger partial charge in [0.25, 0.3) is 6.43 Å². The summed E-state index contributed by atoms with van der Waals surface area (Å²) in [5, 5.41) is 9.10. The van der Waals surface area contributed by atoms with Crippen LogP contribution in [0.3, 0.4) is 0 Å². The molecule has 4 rings (SSSR count). The lowest BCUT2D eigenvalue weighted by Gasteiger charge is -2.20. The molecule has 5 nitrogen and oxygen atoms in total. The summed E-state index contributed by atoms with van der Waals surface area (Å²) in [5.74, 6) is 0. The minimum Gasteiger partial charge on any atom is -0.347 e. The second-order valence-corrected chi connectivity index (χ2v) is 12.5. The largest absolute Gasteiger partial charge is 0.417 e. The highest BCUT2D eigenvalue weighted by Gasteiger charge is 2.40. The van der Waals surface area contributed by atoms with Gasteiger partial charge in [0.1, 0.15) is 6.04 Å². The van der Waals surface area contributed by atoms with E-state index in [0.29, 0.717) is 30.3 Å². The molecule has 1 saturated carbocycles. The third kappa shape index (κ3) is 5.65. The fourth-order valence-electron chi connectivity index (χ4n) is 4.46. The Bertz CT molecular complexity index is 1480. The summed E-state index contributed by atoms with van der Waals surface area (Å²) >= 11 is 0. The Balaban J connectivity index is 1.94. The van der Waals surface area contributed by atoms with Gasteiger partial charge in [-0.2, -0.15) is 18.4 Å². The lowest BCUT2D eigenvalue weighted by Crippen LogP contribution is -2.35. The van der Waals surface area contributed by atoms with Gasteiger partial charge in [0.05, 0.1) is 22.4 Å². The standard InChI is InChI=1S/C26H26F5N3O2S/c1-25(2,3)14-34-13-19(23(24(27)28)33-37(35,36)17-8-9-17)18-10-7-15(11-21(18)34)22-16(12-32)5-4-6-20(22)26(29,30)31/h4-7,10-11,13,17,23-24,33H,8-9,14H2,1-3H3. The van der Waals surface area contributed by atoms with Crippen LogP contribution in [0.4, 0.5) is 22.0 Å². The van der Waals surface area contributed by atoms with Gasteiger partial charge in [-0.25, -0.2) is 21.9 Å². The highest BCUT2D eigenvalue weighted by Crippen LogP contribution is 2.41. The summed E-state index contributed by atoms with van der Waals surface area (Å²) < 4.78 is 98.7. The van der Waals surface area contributed by atoms with Crippen LogP contribution in [0.5, 0.6) is 0 Å². The van der Waals surface area contributed by atoms with Gasteiger partial charge in [0, 0.05) is 34.8 Å². The molecule has 1 heterocycles. The summed E-state index contributed by atoms with van der Waals surface area (Å²) in [5.41, 5.74) is -1.30. The van der Waals surface area contributed by atoms with Gasteiger partial charge in [0.15, 0.2) is 0 Å². The van der Waals surface area contributed by atoms with E-state index < -0.39 is 39.5 Å². The van der Waals surface area contributed by atoms with Gasteiger partial charge < -0.3 is 4.57 Å². The molecule has 1 unspecified atom stereocenters. The van der Waals surface area contributed by atoms with Crippen molar-refractivity contribution in [3.05, 3.63) is 59.3 Å². The Hall–Kier alpha value is -2.97. The van der Waals surface area contributed by atoms with E-state index in [1.807, 2.05) is 20.8 Å². The molecule has 0 spiro atoms. The predicted octanol–water partition coefficient (Wildman–Crippen LogP) is 6.63. The van der Waals surface area contributed by atoms with Crippen LogP contribution in [0.1, 0.15) is 56.3 Å². The minimum absolute atomic E-state index is 0.0367. The molecule has 1 fully saturated rings. The molecule has 37 heavy (non-hydrogen) atoms. The topological polar surface area (TPSA) is 74.9 Å². The van der Waals surface area contributed by atoms with E-state index in [1.54, 1.807) is 10.6 Å². The maximum absolute atomic E-state index is 14.2. The molecule has 1 aliphatic carbocycles. The van der Waals surface area contributed by atoms with Gasteiger partial charge in [-0.3, -0.25) is 0 Å². The molecule has 0 aliphatic heterocycles. The maximum Gasteiger partial charge on any atom is 0.417 e. The summed E-state index contributed by atoms with van der Waals surface area (Å²) in [6.45, 7) is 6.06. The second kappa shape index (κ2) is 9.40. The highest BCUT2D eigenvalue weighted by molar-refractivity contribution is 7.90. The molecule has 0 saturated heterocycles. The quantitative estimate of drug-likeness (QED) is 0.343. The zero-order valence-electron chi connectivity index (χ0n) is 20.4. The molecule has 198 valence electrons. The monoisotopic (exact) mass is 539 g/mol. The molecule has 2 aromatic carbocycles. The van der Waals surface area contributed by atoms with Crippen LogP contribution >= 0.6 is 0 Å². The van der Waals surface area contributed by atoms with Gasteiger partial charge >= 0.3 is 6.18 Å². The number of benzene rings is 2. The fraction of sp³-hybridized carbons (Fsp3) is 0.423. The van der Waals surface area contributed by atoms with Crippen LogP contribution in [0, 0.1) is 16.7 Å². The van der Waals surface area contributed by atoms with Crippen molar-refractivity contribution in [1.29, 1.82) is 5.26 Å². The lowest BCUT2D eigenvalue weighted by atomic mass is 9.93. The first kappa shape index (κ1) is 27.1. The van der Waals surface area contributed by atoms with Crippen LogP contribution in [0.15, 0.2) is 42.6 Å². The average Bonchev–Trinajstić information content (AvgIpc) is 3.60. The van der Waals surface area contributed by atoms with Crippen LogP contribution < -0.4 is 4.72 Å². The van der Waals surface area contributed by atoms with Crippen LogP contribution in [0.2, 0.25) is 0 Å². The Morgan fingerprint density at radius 3 is 2.35 bits per heavy atom. The molecule has 1 N–H and O–H groups in total. The highest BCUT2D eigenvalue weighted by atomic mass is 32.2. The van der Waals surface area contributed by atoms with Gasteiger partial charge in [-0.05, 0) is 42.0 Å². The van der Waals surface area contributed by atoms with Crippen molar-refractivity contribution in [2.45, 2.75) is 64.1 Å². The molecule has 11 heteroatoms. The van der Waals surface area contributed by atoms with Crippen molar-refractivity contribution in [1.82, 2.24) is 9.29 Å². The van der Waals surface area contributed by atoms with Crippen molar-refractivity contribution < 1.29 is 30.4 Å². The summed E-state index contributed by atoms with van der Waals surface area (Å²) in [7, 11) is -3.96. The van der Waals surface area contributed by atoms with Gasteiger partial charge in [0.2, 0.25) is 10.0 Å². The number of fused-ring (bicyclic) bond motifs is 1. The number of halogens is 5. The third-order valence-corrected chi connectivity index (χ3v) is 8.11. The van der Waals surface area contributed by atoms with Crippen molar-refractivity contribution in [3.8, 4) is 17.2 Å². The smallest absolute Gasteiger partial charge is 0.347 e. The zero-order chi connectivity index (χ0) is 27.3. The Kier molecular flexibility index (Phi) is 6.88. The van der Waals surface area contributed by atoms with E-state index in [4.69, 9.17) is 0 Å². The first-order valence-electron chi connectivity index (χ1n) is 11.6. The Morgan fingerprint density at radius 1 is 1.14 bits per heavy atom. The number of nitriles is 1. The number of sulfonamides is 1. The van der Waals surface area contributed by atoms with E-state index in [0.717, 1.165) is 12.1 Å². The van der Waals surface area contributed by atoms with Crippen LogP contribution in [-0.4, -0.2) is 24.7 Å². The molecular weight excluding hydrogens is 513 g/mol. The van der Waals surface area contributed by atoms with Crippen molar-refractivity contribution in [3.63, 3.8) is 0 Å². The van der Waals surface area contributed by atoms with Crippen molar-refractivity contribution >= 4 is 20.9 Å². The summed E-state index contributed by atoms with van der Waals surface area (Å²) in [6, 6.07) is 7.51. The molecule has 1 aromatic heterocycles. The van der Waals surface area contributed by atoms with Gasteiger partial charge in [-0.1, -0.05) is 39.0 Å². The van der Waals surface area contributed by atoms with Crippen LogP contribution in [0.25, 0.3) is 22.0 Å². The fourth-order valence-corrected chi connectivity index (χ4v) is 5.99. The SMILES string of the molecule is CC(C)(C)Cn1cc(C(NS(=O)(=O)C2CC2)C(F)F)c2ccc(-c3c(C#N)cccc3C(F)(F)F)cc21. The molecule has 1 atom stereocenters. The number of rotatable bonds is 7. The first-order chi connectivity index (χ1) is 17.1. The Morgan fingerprint density at radius 2 is 1.81 bits per heavy atom. The van der Waals surface area contributed by atoms with E-state index >= 15 is 0 Å². The average molecular weight is 540 g/mol. The lowest BCUT2D eigenvalue weighted by molar-refractivity contribution is -0.137. The van der Waals surface area contributed by atoms with E-state index in [-0.39, 0.29) is 27.7 Å². The first-order valence-corrected chi connectivity index (χ1v) is 13.2. The molecule has 1 aliphatic rings.